The van der Waals surface area contributed by atoms with Gasteiger partial charge in [-0.2, -0.15) is 0 Å². The Balaban J connectivity index is 2.05. The molecular formula is C14H20FNO. The van der Waals surface area contributed by atoms with Gasteiger partial charge in [-0.05, 0) is 56.3 Å². The number of nitrogens with one attached hydrogen (secondary N) is 1. The smallest absolute Gasteiger partial charge is 0.165 e. The minimum atomic E-state index is -0.246. The van der Waals surface area contributed by atoms with E-state index < -0.39 is 0 Å². The van der Waals surface area contributed by atoms with Gasteiger partial charge in [0, 0.05) is 6.54 Å². The van der Waals surface area contributed by atoms with Gasteiger partial charge in [0.25, 0.3) is 0 Å². The fourth-order valence-corrected chi connectivity index (χ4v) is 2.33. The quantitative estimate of drug-likeness (QED) is 0.821. The fourth-order valence-electron chi connectivity index (χ4n) is 2.33. The molecule has 2 nitrogen and oxygen atoms in total. The summed E-state index contributed by atoms with van der Waals surface area (Å²) in [5.41, 5.74) is 1.44. The summed E-state index contributed by atoms with van der Waals surface area (Å²) in [5.74, 6) is 0.110. The molecule has 1 aliphatic carbocycles. The van der Waals surface area contributed by atoms with Crippen LogP contribution in [0.2, 0.25) is 0 Å². The second kappa shape index (κ2) is 5.05. The largest absolute Gasteiger partial charge is 0.491 e. The van der Waals surface area contributed by atoms with Gasteiger partial charge in [0.1, 0.15) is 0 Å². The summed E-state index contributed by atoms with van der Waals surface area (Å²) < 4.78 is 18.9. The predicted molar refractivity (Wildman–Crippen MR) is 66.9 cm³/mol. The lowest BCUT2D eigenvalue weighted by Crippen LogP contribution is -2.21. The number of hydrogen-bond donors (Lipinski definition) is 1. The lowest BCUT2D eigenvalue weighted by Gasteiger charge is -2.15. The van der Waals surface area contributed by atoms with Crippen LogP contribution in [0, 0.1) is 11.2 Å². The number of halogens is 1. The van der Waals surface area contributed by atoms with Crippen LogP contribution in [0.1, 0.15) is 25.3 Å². The summed E-state index contributed by atoms with van der Waals surface area (Å²) in [6.45, 7) is 3.38. The Morgan fingerprint density at radius 2 is 2.18 bits per heavy atom. The van der Waals surface area contributed by atoms with E-state index in [0.717, 1.165) is 18.5 Å². The molecule has 17 heavy (non-hydrogen) atoms. The van der Waals surface area contributed by atoms with Crippen molar-refractivity contribution >= 4 is 0 Å². The molecule has 0 saturated heterocycles. The molecule has 0 spiro atoms. The molecule has 0 aromatic heterocycles. The van der Waals surface area contributed by atoms with Crippen LogP contribution in [-0.4, -0.2) is 20.2 Å². The van der Waals surface area contributed by atoms with Crippen molar-refractivity contribution in [1.29, 1.82) is 0 Å². The SMILES string of the molecule is CCOc1ccc(CC2(CNC)CC2)cc1F. The Morgan fingerprint density at radius 1 is 1.41 bits per heavy atom. The van der Waals surface area contributed by atoms with Gasteiger partial charge in [0.05, 0.1) is 6.61 Å². The van der Waals surface area contributed by atoms with Gasteiger partial charge in [0.2, 0.25) is 0 Å². The summed E-state index contributed by atoms with van der Waals surface area (Å²) >= 11 is 0. The number of hydrogen-bond acceptors (Lipinski definition) is 2. The van der Waals surface area contributed by atoms with Crippen molar-refractivity contribution in [3.63, 3.8) is 0 Å². The van der Waals surface area contributed by atoms with Crippen molar-refractivity contribution in [2.75, 3.05) is 20.2 Å². The van der Waals surface area contributed by atoms with Gasteiger partial charge in [-0.25, -0.2) is 4.39 Å². The van der Waals surface area contributed by atoms with Crippen molar-refractivity contribution in [3.8, 4) is 5.75 Å². The van der Waals surface area contributed by atoms with E-state index in [9.17, 15) is 4.39 Å². The Morgan fingerprint density at radius 3 is 2.71 bits per heavy atom. The van der Waals surface area contributed by atoms with Crippen LogP contribution in [0.4, 0.5) is 4.39 Å². The highest BCUT2D eigenvalue weighted by atomic mass is 19.1. The minimum absolute atomic E-state index is 0.246. The fraction of sp³-hybridized carbons (Fsp3) is 0.571. The summed E-state index contributed by atoms with van der Waals surface area (Å²) in [4.78, 5) is 0. The minimum Gasteiger partial charge on any atom is -0.491 e. The van der Waals surface area contributed by atoms with Gasteiger partial charge in [-0.1, -0.05) is 6.07 Å². The average molecular weight is 237 g/mol. The molecule has 1 aromatic rings. The first kappa shape index (κ1) is 12.4. The van der Waals surface area contributed by atoms with Crippen LogP contribution < -0.4 is 10.1 Å². The molecule has 0 heterocycles. The Hall–Kier alpha value is -1.09. The highest BCUT2D eigenvalue weighted by molar-refractivity contribution is 5.30. The molecule has 1 N–H and O–H groups in total. The van der Waals surface area contributed by atoms with Gasteiger partial charge < -0.3 is 10.1 Å². The molecular weight excluding hydrogens is 217 g/mol. The molecule has 1 saturated carbocycles. The predicted octanol–water partition coefficient (Wildman–Crippen LogP) is 2.77. The maximum Gasteiger partial charge on any atom is 0.165 e. The number of benzene rings is 1. The maximum atomic E-state index is 13.7. The molecule has 0 aliphatic heterocycles. The van der Waals surface area contributed by atoms with E-state index in [4.69, 9.17) is 4.74 Å². The van der Waals surface area contributed by atoms with Crippen molar-refractivity contribution < 1.29 is 9.13 Å². The highest BCUT2D eigenvalue weighted by Crippen LogP contribution is 2.47. The van der Waals surface area contributed by atoms with Crippen LogP contribution in [0.5, 0.6) is 5.75 Å². The van der Waals surface area contributed by atoms with E-state index in [0.29, 0.717) is 17.8 Å². The third kappa shape index (κ3) is 2.97. The lowest BCUT2D eigenvalue weighted by atomic mass is 9.96. The van der Waals surface area contributed by atoms with E-state index in [2.05, 4.69) is 5.32 Å². The van der Waals surface area contributed by atoms with Gasteiger partial charge in [-0.15, -0.1) is 0 Å². The first-order valence-electron chi connectivity index (χ1n) is 6.25. The van der Waals surface area contributed by atoms with Crippen LogP contribution in [0.25, 0.3) is 0 Å². The lowest BCUT2D eigenvalue weighted by molar-refractivity contribution is 0.321. The maximum absolute atomic E-state index is 13.7. The summed E-state index contributed by atoms with van der Waals surface area (Å²) in [5, 5.41) is 3.22. The van der Waals surface area contributed by atoms with E-state index in [-0.39, 0.29) is 5.82 Å². The third-order valence-corrected chi connectivity index (χ3v) is 3.38. The second-order valence-electron chi connectivity index (χ2n) is 4.90. The molecule has 0 unspecified atom stereocenters. The Kier molecular flexibility index (Phi) is 3.67. The molecule has 1 fully saturated rings. The van der Waals surface area contributed by atoms with E-state index in [1.807, 2.05) is 20.0 Å². The van der Waals surface area contributed by atoms with Gasteiger partial charge >= 0.3 is 0 Å². The van der Waals surface area contributed by atoms with Crippen LogP contribution in [0.3, 0.4) is 0 Å². The second-order valence-corrected chi connectivity index (χ2v) is 4.90. The van der Waals surface area contributed by atoms with Crippen molar-refractivity contribution in [2.45, 2.75) is 26.2 Å². The third-order valence-electron chi connectivity index (χ3n) is 3.38. The van der Waals surface area contributed by atoms with Crippen LogP contribution in [-0.2, 0) is 6.42 Å². The van der Waals surface area contributed by atoms with Gasteiger partial charge in [-0.3, -0.25) is 0 Å². The molecule has 0 amide bonds. The summed E-state index contributed by atoms with van der Waals surface area (Å²) in [6, 6.07) is 5.33. The standard InChI is InChI=1S/C14H20FNO/c1-3-17-13-5-4-11(8-12(13)15)9-14(6-7-14)10-16-2/h4-5,8,16H,3,6-7,9-10H2,1-2H3. The summed E-state index contributed by atoms with van der Waals surface area (Å²) in [7, 11) is 1.97. The number of rotatable bonds is 6. The first-order chi connectivity index (χ1) is 8.19. The highest BCUT2D eigenvalue weighted by Gasteiger charge is 2.41. The molecule has 1 aromatic carbocycles. The zero-order valence-corrected chi connectivity index (χ0v) is 10.6. The molecule has 0 bridgehead atoms. The van der Waals surface area contributed by atoms with Crippen molar-refractivity contribution in [1.82, 2.24) is 5.32 Å². The zero-order chi connectivity index (χ0) is 12.3. The molecule has 94 valence electrons. The molecule has 1 aliphatic rings. The summed E-state index contributed by atoms with van der Waals surface area (Å²) in [6.07, 6.45) is 3.43. The number of ether oxygens (including phenoxy) is 1. The Labute approximate surface area is 102 Å². The monoisotopic (exact) mass is 237 g/mol. The van der Waals surface area contributed by atoms with E-state index in [1.165, 1.54) is 12.8 Å². The van der Waals surface area contributed by atoms with Crippen LogP contribution in [0.15, 0.2) is 18.2 Å². The molecule has 0 radical (unpaired) electrons. The van der Waals surface area contributed by atoms with E-state index >= 15 is 0 Å². The Bertz CT molecular complexity index is 388. The van der Waals surface area contributed by atoms with Crippen LogP contribution >= 0.6 is 0 Å². The van der Waals surface area contributed by atoms with E-state index in [1.54, 1.807) is 12.1 Å². The van der Waals surface area contributed by atoms with Gasteiger partial charge in [0.15, 0.2) is 11.6 Å². The molecule has 2 rings (SSSR count). The topological polar surface area (TPSA) is 21.3 Å². The van der Waals surface area contributed by atoms with Crippen molar-refractivity contribution in [3.05, 3.63) is 29.6 Å². The molecule has 0 atom stereocenters. The van der Waals surface area contributed by atoms with Crippen molar-refractivity contribution in [2.24, 2.45) is 5.41 Å². The normalized spacial score (nSPS) is 16.9. The average Bonchev–Trinajstić information content (AvgIpc) is 3.03. The zero-order valence-electron chi connectivity index (χ0n) is 10.6. The molecule has 3 heteroatoms. The first-order valence-corrected chi connectivity index (χ1v) is 6.25.